The first-order valence-corrected chi connectivity index (χ1v) is 13.3. The maximum atomic E-state index is 12.4. The molecule has 0 fully saturated rings. The number of nitrogens with zero attached hydrogens (tertiary/aromatic N) is 2. The van der Waals surface area contributed by atoms with Crippen molar-refractivity contribution in [2.45, 2.75) is 26.1 Å². The number of nitro benzene ring substituents is 1. The number of nitrogens with one attached hydrogen (secondary N) is 3. The molecule has 4 rings (SSSR count). The number of urea groups is 1. The second-order valence-corrected chi connectivity index (χ2v) is 9.26. The van der Waals surface area contributed by atoms with Crippen LogP contribution in [-0.4, -0.2) is 61.9 Å². The van der Waals surface area contributed by atoms with Gasteiger partial charge < -0.3 is 39.1 Å². The van der Waals surface area contributed by atoms with E-state index in [2.05, 4.69) is 21.2 Å². The molecule has 0 unspecified atom stereocenters. The van der Waals surface area contributed by atoms with Gasteiger partial charge in [-0.25, -0.2) is 9.59 Å². The summed E-state index contributed by atoms with van der Waals surface area (Å²) in [6.07, 6.45) is 0.0576. The molecule has 0 saturated heterocycles. The Bertz CT molecular complexity index is 1600. The van der Waals surface area contributed by atoms with Crippen molar-refractivity contribution in [3.63, 3.8) is 0 Å². The third-order valence-corrected chi connectivity index (χ3v) is 6.38. The van der Waals surface area contributed by atoms with Crippen LogP contribution in [0.1, 0.15) is 31.2 Å². The fourth-order valence-electron chi connectivity index (χ4n) is 4.37. The number of benzene rings is 2. The normalized spacial score (nSPS) is 15.3. The van der Waals surface area contributed by atoms with E-state index in [0.29, 0.717) is 35.1 Å². The number of aliphatic hydroxyl groups is 1. The molecule has 1 aliphatic heterocycles. The fraction of sp³-hybridized carbons (Fsp3) is 0.276. The second kappa shape index (κ2) is 14.1. The van der Waals surface area contributed by atoms with Crippen LogP contribution in [-0.2, 0) is 9.53 Å². The molecule has 0 radical (unpaired) electrons. The number of carbonyl (C=O) groups is 2. The lowest BCUT2D eigenvalue weighted by Gasteiger charge is -2.28. The molecule has 44 heavy (non-hydrogen) atoms. The Hall–Kier alpha value is -5.57. The molecule has 2 aromatic carbocycles. The lowest BCUT2D eigenvalue weighted by atomic mass is 9.95. The van der Waals surface area contributed by atoms with E-state index in [4.69, 9.17) is 23.4 Å². The minimum atomic E-state index is -1.24. The molecule has 0 bridgehead atoms. The Morgan fingerprint density at radius 3 is 2.68 bits per heavy atom. The van der Waals surface area contributed by atoms with Crippen LogP contribution in [0.15, 0.2) is 69.3 Å². The summed E-state index contributed by atoms with van der Waals surface area (Å²) < 4.78 is 27.1. The number of furan rings is 1. The van der Waals surface area contributed by atoms with E-state index in [1.807, 2.05) is 0 Å². The average Bonchev–Trinajstić information content (AvgIpc) is 3.48. The van der Waals surface area contributed by atoms with Crippen molar-refractivity contribution in [2.24, 2.45) is 5.10 Å². The summed E-state index contributed by atoms with van der Waals surface area (Å²) in [4.78, 5) is 35.5. The number of hydrogen-bond donors (Lipinski definition) is 4. The first kappa shape index (κ1) is 31.4. The Balaban J connectivity index is 1.40. The number of methoxy groups -OCH3 is 2. The van der Waals surface area contributed by atoms with Crippen molar-refractivity contribution in [1.82, 2.24) is 16.1 Å². The molecule has 0 aliphatic carbocycles. The van der Waals surface area contributed by atoms with E-state index in [1.54, 1.807) is 50.2 Å². The topological polar surface area (TPSA) is 196 Å². The van der Waals surface area contributed by atoms with Gasteiger partial charge in [-0.15, -0.1) is 0 Å². The minimum absolute atomic E-state index is 0.177. The Labute approximate surface area is 251 Å². The predicted octanol–water partition coefficient (Wildman–Crippen LogP) is 3.38. The molecule has 15 heteroatoms. The van der Waals surface area contributed by atoms with Gasteiger partial charge in [0.15, 0.2) is 17.7 Å². The van der Waals surface area contributed by atoms with Crippen molar-refractivity contribution in [1.29, 1.82) is 0 Å². The standard InChI is InChI=1S/C29H31N5O10/c1-5-42-24-12-17(27-26(28(36)41-4)16(2)31-29(37)32-27)6-10-23(24)43-15-25(35)33-30-14-19-8-11-22(44-19)20-9-7-18(40-3)13-21(20)34(38)39/h6-14,25,27,33,35H,5,15H2,1-4H3,(H2,31,32,37)/b30-14+/t25-,27-/m0/s1. The number of ether oxygens (including phenoxy) is 4. The maximum Gasteiger partial charge on any atom is 0.337 e. The lowest BCUT2D eigenvalue weighted by molar-refractivity contribution is -0.384. The number of allylic oxidation sites excluding steroid dienone is 1. The number of hydrogen-bond acceptors (Lipinski definition) is 12. The zero-order chi connectivity index (χ0) is 31.8. The van der Waals surface area contributed by atoms with Crippen molar-refractivity contribution >= 4 is 23.9 Å². The molecule has 1 aliphatic rings. The lowest BCUT2D eigenvalue weighted by Crippen LogP contribution is -2.45. The highest BCUT2D eigenvalue weighted by Crippen LogP contribution is 2.36. The number of nitro groups is 1. The molecule has 4 N–H and O–H groups in total. The van der Waals surface area contributed by atoms with E-state index >= 15 is 0 Å². The van der Waals surface area contributed by atoms with Crippen molar-refractivity contribution < 1.29 is 43.0 Å². The van der Waals surface area contributed by atoms with Crippen molar-refractivity contribution in [3.05, 3.63) is 81.2 Å². The molecule has 0 spiro atoms. The number of amides is 2. The highest BCUT2D eigenvalue weighted by atomic mass is 16.6. The van der Waals surface area contributed by atoms with Crippen LogP contribution in [0.2, 0.25) is 0 Å². The molecule has 1 aromatic heterocycles. The molecular formula is C29H31N5O10. The minimum Gasteiger partial charge on any atom is -0.497 e. The Morgan fingerprint density at radius 2 is 1.98 bits per heavy atom. The summed E-state index contributed by atoms with van der Waals surface area (Å²) >= 11 is 0. The summed E-state index contributed by atoms with van der Waals surface area (Å²) in [5.41, 5.74) is 3.76. The maximum absolute atomic E-state index is 12.4. The predicted molar refractivity (Wildman–Crippen MR) is 156 cm³/mol. The first-order chi connectivity index (χ1) is 21.1. The average molecular weight is 610 g/mol. The van der Waals surface area contributed by atoms with Gasteiger partial charge in [-0.1, -0.05) is 6.07 Å². The molecule has 2 heterocycles. The SMILES string of the molecule is CCOc1cc([C@@H]2NC(=O)NC(C)=C2C(=O)OC)ccc1OC[C@H](O)N/N=C/c1ccc(-c2ccc(OC)cc2[N+](=O)[O-])o1. The van der Waals surface area contributed by atoms with Gasteiger partial charge in [0.2, 0.25) is 0 Å². The summed E-state index contributed by atoms with van der Waals surface area (Å²) in [5.74, 6) is 0.906. The van der Waals surface area contributed by atoms with Gasteiger partial charge in [0.05, 0.1) is 55.2 Å². The van der Waals surface area contributed by atoms with Crippen LogP contribution in [0.3, 0.4) is 0 Å². The molecular weight excluding hydrogens is 578 g/mol. The molecule has 2 amide bonds. The first-order valence-electron chi connectivity index (χ1n) is 13.3. The van der Waals surface area contributed by atoms with E-state index in [0.717, 1.165) is 0 Å². The monoisotopic (exact) mass is 609 g/mol. The number of rotatable bonds is 13. The second-order valence-electron chi connectivity index (χ2n) is 9.26. The molecule has 15 nitrogen and oxygen atoms in total. The van der Waals surface area contributed by atoms with E-state index in [-0.39, 0.29) is 35.0 Å². The van der Waals surface area contributed by atoms with Crippen LogP contribution in [0.4, 0.5) is 10.5 Å². The molecule has 3 aromatic rings. The van der Waals surface area contributed by atoms with Crippen LogP contribution < -0.4 is 30.3 Å². The zero-order valence-electron chi connectivity index (χ0n) is 24.3. The van der Waals surface area contributed by atoms with Crippen LogP contribution >= 0.6 is 0 Å². The van der Waals surface area contributed by atoms with Crippen molar-refractivity contribution in [3.8, 4) is 28.6 Å². The molecule has 0 saturated carbocycles. The smallest absolute Gasteiger partial charge is 0.337 e. The van der Waals surface area contributed by atoms with E-state index in [9.17, 15) is 24.8 Å². The zero-order valence-corrected chi connectivity index (χ0v) is 24.3. The van der Waals surface area contributed by atoms with Gasteiger partial charge in [0.25, 0.3) is 5.69 Å². The van der Waals surface area contributed by atoms with Gasteiger partial charge in [0, 0.05) is 5.70 Å². The number of carbonyl (C=O) groups excluding carboxylic acids is 2. The highest BCUT2D eigenvalue weighted by molar-refractivity contribution is 5.95. The summed E-state index contributed by atoms with van der Waals surface area (Å²) in [6, 6.07) is 11.2. The highest BCUT2D eigenvalue weighted by Gasteiger charge is 2.32. The molecule has 2 atom stereocenters. The van der Waals surface area contributed by atoms with Gasteiger partial charge in [-0.3, -0.25) is 15.5 Å². The Kier molecular flexibility index (Phi) is 10.0. The summed E-state index contributed by atoms with van der Waals surface area (Å²) in [7, 11) is 2.67. The van der Waals surface area contributed by atoms with Crippen LogP contribution in [0, 0.1) is 10.1 Å². The van der Waals surface area contributed by atoms with Crippen LogP contribution in [0.5, 0.6) is 17.2 Å². The van der Waals surface area contributed by atoms with E-state index < -0.39 is 29.2 Å². The summed E-state index contributed by atoms with van der Waals surface area (Å²) in [5, 5.41) is 31.1. The number of hydrazone groups is 1. The van der Waals surface area contributed by atoms with Gasteiger partial charge >= 0.3 is 12.0 Å². The van der Waals surface area contributed by atoms with Crippen molar-refractivity contribution in [2.75, 3.05) is 27.4 Å². The largest absolute Gasteiger partial charge is 0.497 e. The Morgan fingerprint density at radius 1 is 1.18 bits per heavy atom. The van der Waals surface area contributed by atoms with Gasteiger partial charge in [-0.2, -0.15) is 5.10 Å². The molecule has 232 valence electrons. The number of aliphatic hydroxyl groups excluding tert-OH is 1. The quantitative estimate of drug-likeness (QED) is 0.0729. The fourth-order valence-corrected chi connectivity index (χ4v) is 4.37. The van der Waals surface area contributed by atoms with E-state index in [1.165, 1.54) is 32.6 Å². The van der Waals surface area contributed by atoms with Gasteiger partial charge in [0.1, 0.15) is 23.9 Å². The number of esters is 1. The third kappa shape index (κ3) is 7.25. The third-order valence-electron chi connectivity index (χ3n) is 6.38. The van der Waals surface area contributed by atoms with Gasteiger partial charge in [-0.05, 0) is 55.8 Å². The van der Waals surface area contributed by atoms with Crippen LogP contribution in [0.25, 0.3) is 11.3 Å². The summed E-state index contributed by atoms with van der Waals surface area (Å²) in [6.45, 7) is 3.46.